The minimum Gasteiger partial charge on any atom is -0.398 e. The summed E-state index contributed by atoms with van der Waals surface area (Å²) in [6.45, 7) is 4.43. The molecule has 25 heavy (non-hydrogen) atoms. The lowest BCUT2D eigenvalue weighted by Gasteiger charge is -2.07. The maximum absolute atomic E-state index is 11.9. The molecule has 0 spiro atoms. The van der Waals surface area contributed by atoms with Crippen LogP contribution in [-0.4, -0.2) is 26.5 Å². The van der Waals surface area contributed by atoms with Gasteiger partial charge in [-0.2, -0.15) is 5.10 Å². The first-order valence-corrected chi connectivity index (χ1v) is 7.29. The number of aryl methyl sites for hydroxylation is 1. The van der Waals surface area contributed by atoms with Crippen LogP contribution in [0.1, 0.15) is 22.5 Å². The van der Waals surface area contributed by atoms with E-state index in [0.717, 1.165) is 0 Å². The number of nitrogens with two attached hydrogens (primary N) is 2. The summed E-state index contributed by atoms with van der Waals surface area (Å²) in [6.07, 6.45) is 0. The number of oxime groups is 1. The molecular weight excluding hydrogens is 328 g/mol. The molecule has 1 heterocycles. The minimum atomic E-state index is -0.759. The number of anilines is 1. The van der Waals surface area contributed by atoms with Gasteiger partial charge in [0.25, 0.3) is 0 Å². The molecule has 0 aliphatic carbocycles. The molecule has 0 aliphatic rings. The number of nitrogen functional groups attached to an aromatic ring is 1. The van der Waals surface area contributed by atoms with Gasteiger partial charge in [-0.1, -0.05) is 17.3 Å². The maximum Gasteiger partial charge on any atom is 0.356 e. The number of nitro groups is 1. The van der Waals surface area contributed by atoms with Crippen LogP contribution in [0.3, 0.4) is 0 Å². The molecule has 0 radical (unpaired) electrons. The molecular formula is C15H18N6O4. The molecule has 2 aromatic rings. The van der Waals surface area contributed by atoms with Crippen molar-refractivity contribution in [1.29, 1.82) is 0 Å². The van der Waals surface area contributed by atoms with Crippen LogP contribution in [0.15, 0.2) is 23.4 Å². The average Bonchev–Trinajstić information content (AvgIpc) is 2.81. The summed E-state index contributed by atoms with van der Waals surface area (Å²) >= 11 is 0. The third kappa shape index (κ3) is 3.74. The highest BCUT2D eigenvalue weighted by Gasteiger charge is 2.23. The quantitative estimate of drug-likeness (QED) is 0.206. The number of rotatable bonds is 5. The summed E-state index contributed by atoms with van der Waals surface area (Å²) in [4.78, 5) is 27.1. The van der Waals surface area contributed by atoms with Crippen molar-refractivity contribution in [3.05, 3.63) is 50.8 Å². The van der Waals surface area contributed by atoms with Gasteiger partial charge in [0.1, 0.15) is 17.9 Å². The van der Waals surface area contributed by atoms with Crippen LogP contribution in [0.5, 0.6) is 0 Å². The molecule has 0 amide bonds. The zero-order valence-electron chi connectivity index (χ0n) is 14.0. The molecule has 0 unspecified atom stereocenters. The summed E-state index contributed by atoms with van der Waals surface area (Å²) in [6, 6.07) is 5.12. The fourth-order valence-electron chi connectivity index (χ4n) is 2.34. The number of carbonyl (C=O) groups excluding carboxylic acids is 1. The van der Waals surface area contributed by atoms with Gasteiger partial charge in [-0.3, -0.25) is 14.8 Å². The van der Waals surface area contributed by atoms with Crippen LogP contribution in [0.25, 0.3) is 0 Å². The van der Waals surface area contributed by atoms with Crippen molar-refractivity contribution in [2.45, 2.75) is 27.3 Å². The summed E-state index contributed by atoms with van der Waals surface area (Å²) < 4.78 is 1.19. The molecule has 0 saturated heterocycles. The third-order valence-corrected chi connectivity index (χ3v) is 3.70. The molecule has 0 fully saturated rings. The van der Waals surface area contributed by atoms with E-state index in [9.17, 15) is 14.9 Å². The van der Waals surface area contributed by atoms with Gasteiger partial charge in [-0.05, 0) is 32.4 Å². The third-order valence-electron chi connectivity index (χ3n) is 3.70. The van der Waals surface area contributed by atoms with E-state index in [4.69, 9.17) is 16.3 Å². The maximum atomic E-state index is 11.9. The topological polar surface area (TPSA) is 152 Å². The molecule has 1 aromatic heterocycles. The second-order valence-electron chi connectivity index (χ2n) is 5.39. The van der Waals surface area contributed by atoms with E-state index in [1.807, 2.05) is 0 Å². The number of nitrogens with zero attached hydrogens (tertiary/aromatic N) is 4. The Morgan fingerprint density at radius 1 is 1.40 bits per heavy atom. The van der Waals surface area contributed by atoms with E-state index < -0.39 is 10.9 Å². The van der Waals surface area contributed by atoms with E-state index in [2.05, 4.69) is 10.3 Å². The number of benzene rings is 1. The van der Waals surface area contributed by atoms with E-state index in [-0.39, 0.29) is 29.5 Å². The zero-order valence-corrected chi connectivity index (χ0v) is 14.0. The molecule has 0 aliphatic heterocycles. The molecule has 10 nitrogen and oxygen atoms in total. The fourth-order valence-corrected chi connectivity index (χ4v) is 2.34. The van der Waals surface area contributed by atoms with Crippen molar-refractivity contribution in [1.82, 2.24) is 9.78 Å². The van der Waals surface area contributed by atoms with Crippen LogP contribution in [0.4, 0.5) is 11.4 Å². The van der Waals surface area contributed by atoms with E-state index in [1.165, 1.54) is 18.5 Å². The Bertz CT molecular complexity index is 871. The van der Waals surface area contributed by atoms with Gasteiger partial charge in [-0.15, -0.1) is 0 Å². The Balaban J connectivity index is 2.12. The molecule has 1 aromatic carbocycles. The van der Waals surface area contributed by atoms with Crippen LogP contribution in [0.2, 0.25) is 0 Å². The van der Waals surface area contributed by atoms with Crippen LogP contribution in [-0.2, 0) is 16.2 Å². The number of hydrogen-bond acceptors (Lipinski definition) is 7. The predicted octanol–water partition coefficient (Wildman–Crippen LogP) is 1.16. The summed E-state index contributed by atoms with van der Waals surface area (Å²) in [5, 5.41) is 18.5. The molecule has 2 rings (SSSR count). The van der Waals surface area contributed by atoms with Crippen molar-refractivity contribution < 1.29 is 14.6 Å². The second-order valence-corrected chi connectivity index (χ2v) is 5.39. The standard InChI is InChI=1S/C15H18N6O4/c1-8-11(5-4-6-12(8)16)15(17)19-25-13(22)7-20-10(3)14(21(23)24)9(2)18-20/h4-6H,7,16H2,1-3H3,(H2,17,19). The molecule has 4 N–H and O–H groups in total. The van der Waals surface area contributed by atoms with Crippen molar-refractivity contribution in [3.8, 4) is 0 Å². The Hall–Kier alpha value is -3.43. The predicted molar refractivity (Wildman–Crippen MR) is 90.8 cm³/mol. The van der Waals surface area contributed by atoms with Crippen molar-refractivity contribution >= 4 is 23.2 Å². The zero-order chi connectivity index (χ0) is 18.7. The molecule has 0 saturated carbocycles. The number of carbonyl (C=O) groups is 1. The highest BCUT2D eigenvalue weighted by molar-refractivity contribution is 5.99. The van der Waals surface area contributed by atoms with Gasteiger partial charge in [0.15, 0.2) is 5.84 Å². The first kappa shape index (κ1) is 17.9. The normalized spacial score (nSPS) is 11.4. The van der Waals surface area contributed by atoms with E-state index in [0.29, 0.717) is 16.8 Å². The van der Waals surface area contributed by atoms with Gasteiger partial charge in [-0.25, -0.2) is 4.79 Å². The first-order valence-electron chi connectivity index (χ1n) is 7.29. The lowest BCUT2D eigenvalue weighted by Crippen LogP contribution is -2.19. The van der Waals surface area contributed by atoms with Gasteiger partial charge < -0.3 is 16.3 Å². The SMILES string of the molecule is Cc1nn(CC(=O)O/N=C(\N)c2cccc(N)c2C)c(C)c1[N+](=O)[O-]. The average molecular weight is 346 g/mol. The highest BCUT2D eigenvalue weighted by atomic mass is 16.7. The summed E-state index contributed by atoms with van der Waals surface area (Å²) in [7, 11) is 0. The summed E-state index contributed by atoms with van der Waals surface area (Å²) in [5.41, 5.74) is 13.7. The van der Waals surface area contributed by atoms with Gasteiger partial charge in [0.05, 0.1) is 4.92 Å². The lowest BCUT2D eigenvalue weighted by atomic mass is 10.1. The van der Waals surface area contributed by atoms with Crippen molar-refractivity contribution in [2.75, 3.05) is 5.73 Å². The highest BCUT2D eigenvalue weighted by Crippen LogP contribution is 2.21. The van der Waals surface area contributed by atoms with E-state index in [1.54, 1.807) is 25.1 Å². The Labute approximate surface area is 143 Å². The second kappa shape index (κ2) is 6.99. The van der Waals surface area contributed by atoms with Crippen LogP contribution >= 0.6 is 0 Å². The fraction of sp³-hybridized carbons (Fsp3) is 0.267. The molecule has 132 valence electrons. The number of amidine groups is 1. The molecule has 0 bridgehead atoms. The van der Waals surface area contributed by atoms with Crippen LogP contribution in [0, 0.1) is 30.9 Å². The molecule has 10 heteroatoms. The van der Waals surface area contributed by atoms with Crippen molar-refractivity contribution in [2.24, 2.45) is 10.9 Å². The molecule has 0 atom stereocenters. The number of hydrogen-bond donors (Lipinski definition) is 2. The Morgan fingerprint density at radius 2 is 2.08 bits per heavy atom. The van der Waals surface area contributed by atoms with Gasteiger partial charge >= 0.3 is 11.7 Å². The number of aromatic nitrogens is 2. The Morgan fingerprint density at radius 3 is 2.68 bits per heavy atom. The monoisotopic (exact) mass is 346 g/mol. The Kier molecular flexibility index (Phi) is 5.01. The first-order chi connectivity index (χ1) is 11.7. The van der Waals surface area contributed by atoms with E-state index >= 15 is 0 Å². The largest absolute Gasteiger partial charge is 0.398 e. The van der Waals surface area contributed by atoms with Crippen LogP contribution < -0.4 is 11.5 Å². The van der Waals surface area contributed by atoms with Gasteiger partial charge in [0, 0.05) is 11.3 Å². The van der Waals surface area contributed by atoms with Gasteiger partial charge in [0.2, 0.25) is 0 Å². The smallest absolute Gasteiger partial charge is 0.356 e. The van der Waals surface area contributed by atoms with Crippen molar-refractivity contribution in [3.63, 3.8) is 0 Å². The summed E-state index contributed by atoms with van der Waals surface area (Å²) in [5.74, 6) is -0.762. The lowest BCUT2D eigenvalue weighted by molar-refractivity contribution is -0.386. The minimum absolute atomic E-state index is 0.00232.